The first-order chi connectivity index (χ1) is 10.8. The van der Waals surface area contributed by atoms with Crippen LogP contribution in [0.5, 0.6) is 0 Å². The van der Waals surface area contributed by atoms with E-state index in [-0.39, 0.29) is 23.4 Å². The maximum absolute atomic E-state index is 12.9. The lowest BCUT2D eigenvalue weighted by atomic mass is 9.89. The second-order valence-electron chi connectivity index (χ2n) is 5.18. The van der Waals surface area contributed by atoms with Gasteiger partial charge in [0, 0.05) is 17.8 Å². The van der Waals surface area contributed by atoms with Gasteiger partial charge < -0.3 is 15.7 Å². The number of nitrogens with one attached hydrogen (secondary N) is 2. The zero-order valence-electron chi connectivity index (χ0n) is 13.0. The molecule has 0 bridgehead atoms. The number of anilines is 1. The molecule has 0 aliphatic carbocycles. The maximum atomic E-state index is 12.9. The summed E-state index contributed by atoms with van der Waals surface area (Å²) >= 11 is 0. The number of aryl methyl sites for hydroxylation is 2. The fourth-order valence-corrected chi connectivity index (χ4v) is 2.18. The fraction of sp³-hybridized carbons (Fsp3) is 0.500. The Morgan fingerprint density at radius 3 is 1.79 bits per heavy atom. The maximum Gasteiger partial charge on any atom is 0.430 e. The van der Waals surface area contributed by atoms with E-state index in [1.165, 1.54) is 13.8 Å². The summed E-state index contributed by atoms with van der Waals surface area (Å²) in [7, 11) is 0. The highest BCUT2D eigenvalue weighted by molar-refractivity contribution is 5.91. The number of amides is 2. The summed E-state index contributed by atoms with van der Waals surface area (Å²) in [6.07, 6.45) is -11.9. The molecule has 1 aromatic carbocycles. The lowest BCUT2D eigenvalue weighted by molar-refractivity contribution is -0.376. The Morgan fingerprint density at radius 2 is 1.46 bits per heavy atom. The van der Waals surface area contributed by atoms with E-state index < -0.39 is 29.5 Å². The van der Waals surface area contributed by atoms with Crippen LogP contribution in [0.25, 0.3) is 0 Å². The molecule has 10 heteroatoms. The van der Waals surface area contributed by atoms with Gasteiger partial charge in [0.1, 0.15) is 0 Å². The fourth-order valence-electron chi connectivity index (χ4n) is 2.18. The van der Waals surface area contributed by atoms with E-state index in [2.05, 4.69) is 10.6 Å². The second kappa shape index (κ2) is 6.50. The number of carbonyl (C=O) groups is 1. The molecule has 136 valence electrons. The molecule has 0 fully saturated rings. The largest absolute Gasteiger partial charge is 0.430 e. The average molecular weight is 358 g/mol. The van der Waals surface area contributed by atoms with Crippen LogP contribution in [-0.4, -0.2) is 30.0 Å². The molecule has 4 nitrogen and oxygen atoms in total. The van der Waals surface area contributed by atoms with E-state index in [1.807, 2.05) is 0 Å². The molecule has 24 heavy (non-hydrogen) atoms. The Kier molecular flexibility index (Phi) is 5.44. The summed E-state index contributed by atoms with van der Waals surface area (Å²) in [5, 5.41) is 14.1. The number of carbonyl (C=O) groups excluding carboxylic acids is 1. The number of benzene rings is 1. The Balaban J connectivity index is 3.44. The summed E-state index contributed by atoms with van der Waals surface area (Å²) in [6, 6.07) is 0.448. The molecule has 3 N–H and O–H groups in total. The van der Waals surface area contributed by atoms with Crippen molar-refractivity contribution >= 4 is 11.7 Å². The molecule has 0 saturated carbocycles. The van der Waals surface area contributed by atoms with Crippen LogP contribution in [0.1, 0.15) is 23.6 Å². The second-order valence-corrected chi connectivity index (χ2v) is 5.18. The SMILES string of the molecule is CCNC(=O)Nc1c(C)cc(C(O)(C(F)(F)F)C(F)(F)F)cc1C. The number of aliphatic hydroxyl groups is 1. The normalized spacial score (nSPS) is 12.9. The van der Waals surface area contributed by atoms with Crippen LogP contribution >= 0.6 is 0 Å². The van der Waals surface area contributed by atoms with Gasteiger partial charge in [-0.05, 0) is 31.9 Å². The van der Waals surface area contributed by atoms with Crippen LogP contribution in [0.4, 0.5) is 36.8 Å². The van der Waals surface area contributed by atoms with Crippen molar-refractivity contribution in [1.29, 1.82) is 0 Å². The zero-order chi connectivity index (χ0) is 18.9. The van der Waals surface area contributed by atoms with Crippen molar-refractivity contribution in [2.45, 2.75) is 38.7 Å². The lowest BCUT2D eigenvalue weighted by Crippen LogP contribution is -2.54. The Labute approximate surface area is 133 Å². The predicted molar refractivity (Wildman–Crippen MR) is 74.6 cm³/mol. The first-order valence-corrected chi connectivity index (χ1v) is 6.78. The van der Waals surface area contributed by atoms with Crippen molar-refractivity contribution in [3.05, 3.63) is 28.8 Å². The Bertz CT molecular complexity index is 588. The van der Waals surface area contributed by atoms with Gasteiger partial charge in [-0.3, -0.25) is 0 Å². The van der Waals surface area contributed by atoms with Crippen LogP contribution in [-0.2, 0) is 5.60 Å². The van der Waals surface area contributed by atoms with E-state index in [0.29, 0.717) is 12.1 Å². The first kappa shape index (κ1) is 20.1. The van der Waals surface area contributed by atoms with Gasteiger partial charge in [-0.1, -0.05) is 12.1 Å². The van der Waals surface area contributed by atoms with Crippen molar-refractivity contribution in [3.63, 3.8) is 0 Å². The van der Waals surface area contributed by atoms with Crippen LogP contribution in [0.3, 0.4) is 0 Å². The molecule has 2 amide bonds. The van der Waals surface area contributed by atoms with Crippen molar-refractivity contribution in [3.8, 4) is 0 Å². The highest BCUT2D eigenvalue weighted by Crippen LogP contribution is 2.50. The molecule has 0 aromatic heterocycles. The molecule has 0 unspecified atom stereocenters. The van der Waals surface area contributed by atoms with Crippen molar-refractivity contribution in [1.82, 2.24) is 5.32 Å². The highest BCUT2D eigenvalue weighted by atomic mass is 19.4. The molecule has 0 spiro atoms. The third-order valence-corrected chi connectivity index (χ3v) is 3.35. The van der Waals surface area contributed by atoms with Gasteiger partial charge in [0.2, 0.25) is 0 Å². The summed E-state index contributed by atoms with van der Waals surface area (Å²) in [5.74, 6) is 0. The minimum atomic E-state index is -5.96. The van der Waals surface area contributed by atoms with Crippen LogP contribution in [0.2, 0.25) is 0 Å². The monoisotopic (exact) mass is 358 g/mol. The van der Waals surface area contributed by atoms with E-state index in [0.717, 1.165) is 0 Å². The summed E-state index contributed by atoms with van der Waals surface area (Å²) in [4.78, 5) is 11.5. The van der Waals surface area contributed by atoms with Crippen molar-refractivity contribution in [2.75, 3.05) is 11.9 Å². The zero-order valence-corrected chi connectivity index (χ0v) is 13.0. The summed E-state index contributed by atoms with van der Waals surface area (Å²) in [6.45, 7) is 4.37. The molecule has 0 saturated heterocycles. The third-order valence-electron chi connectivity index (χ3n) is 3.35. The smallest absolute Gasteiger partial charge is 0.369 e. The van der Waals surface area contributed by atoms with Gasteiger partial charge >= 0.3 is 18.4 Å². The molecule has 1 aromatic rings. The van der Waals surface area contributed by atoms with Gasteiger partial charge in [-0.2, -0.15) is 26.3 Å². The molecule has 0 aliphatic heterocycles. The first-order valence-electron chi connectivity index (χ1n) is 6.78. The minimum absolute atomic E-state index is 0.0526. The molecular formula is C14H16F6N2O2. The standard InChI is InChI=1S/C14H16F6N2O2/c1-4-21-11(23)22-10-7(2)5-9(6-8(10)3)12(24,13(15,16)17)14(18,19)20/h5-6,24H,4H2,1-3H3,(H2,21,22,23). The number of halogens is 6. The van der Waals surface area contributed by atoms with Crippen LogP contribution in [0.15, 0.2) is 12.1 Å². The molecule has 0 heterocycles. The van der Waals surface area contributed by atoms with Crippen molar-refractivity contribution < 1.29 is 36.2 Å². The van der Waals surface area contributed by atoms with Crippen LogP contribution < -0.4 is 10.6 Å². The van der Waals surface area contributed by atoms with Crippen LogP contribution in [0, 0.1) is 13.8 Å². The predicted octanol–water partition coefficient (Wildman–Crippen LogP) is 3.76. The Morgan fingerprint density at radius 1 is 1.04 bits per heavy atom. The number of alkyl halides is 6. The summed E-state index contributed by atoms with van der Waals surface area (Å²) in [5.41, 5.74) is -6.40. The minimum Gasteiger partial charge on any atom is -0.369 e. The van der Waals surface area contributed by atoms with Gasteiger partial charge in [-0.25, -0.2) is 4.79 Å². The molecule has 0 atom stereocenters. The van der Waals surface area contributed by atoms with Gasteiger partial charge in [0.05, 0.1) is 0 Å². The van der Waals surface area contributed by atoms with E-state index in [4.69, 9.17) is 0 Å². The van der Waals surface area contributed by atoms with Gasteiger partial charge in [0.25, 0.3) is 5.60 Å². The number of rotatable bonds is 3. The van der Waals surface area contributed by atoms with E-state index in [9.17, 15) is 36.2 Å². The number of hydrogen-bond donors (Lipinski definition) is 3. The van der Waals surface area contributed by atoms with Gasteiger partial charge in [-0.15, -0.1) is 0 Å². The molecule has 0 radical (unpaired) electrons. The Hall–Kier alpha value is -1.97. The lowest BCUT2D eigenvalue weighted by Gasteiger charge is -2.33. The number of hydrogen-bond acceptors (Lipinski definition) is 2. The third kappa shape index (κ3) is 3.58. The van der Waals surface area contributed by atoms with E-state index in [1.54, 1.807) is 6.92 Å². The van der Waals surface area contributed by atoms with Gasteiger partial charge in [0.15, 0.2) is 0 Å². The quantitative estimate of drug-likeness (QED) is 0.721. The molecule has 1 rings (SSSR count). The summed E-state index contributed by atoms with van der Waals surface area (Å²) < 4.78 is 77.5. The average Bonchev–Trinajstić information content (AvgIpc) is 2.39. The number of urea groups is 1. The topological polar surface area (TPSA) is 61.4 Å². The van der Waals surface area contributed by atoms with Crippen molar-refractivity contribution in [2.24, 2.45) is 0 Å². The highest BCUT2D eigenvalue weighted by Gasteiger charge is 2.71. The molecule has 0 aliphatic rings. The van der Waals surface area contributed by atoms with E-state index >= 15 is 0 Å². The molecular weight excluding hydrogens is 342 g/mol.